The molecular weight excluding hydrogens is 196 g/mol. The fourth-order valence-electron chi connectivity index (χ4n) is 2.30. The molecule has 1 heteroatoms. The highest BCUT2D eigenvalue weighted by atomic mass is 16.1. The van der Waals surface area contributed by atoms with E-state index in [0.717, 1.165) is 12.8 Å². The Balaban J connectivity index is 1.93. The first-order chi connectivity index (χ1) is 7.83. The van der Waals surface area contributed by atoms with E-state index in [1.165, 1.54) is 56.9 Å². The third-order valence-electron chi connectivity index (χ3n) is 3.44. The summed E-state index contributed by atoms with van der Waals surface area (Å²) in [6, 6.07) is 0. The second kappa shape index (κ2) is 8.55. The number of rotatable bonds is 8. The molecule has 1 nitrogen and oxygen atoms in total. The second-order valence-corrected chi connectivity index (χ2v) is 4.98. The first kappa shape index (κ1) is 13.5. The molecule has 0 radical (unpaired) electrons. The van der Waals surface area contributed by atoms with Crippen molar-refractivity contribution in [3.63, 3.8) is 0 Å². The molecule has 1 rings (SSSR count). The molecule has 0 aromatic heterocycles. The second-order valence-electron chi connectivity index (χ2n) is 4.98. The van der Waals surface area contributed by atoms with Crippen LogP contribution in [0, 0.1) is 0 Å². The molecule has 0 aliphatic heterocycles. The summed E-state index contributed by atoms with van der Waals surface area (Å²) >= 11 is 0. The average Bonchev–Trinajstić information content (AvgIpc) is 2.30. The van der Waals surface area contributed by atoms with Crippen molar-refractivity contribution in [3.8, 4) is 0 Å². The molecule has 0 aromatic rings. The zero-order valence-corrected chi connectivity index (χ0v) is 10.8. The van der Waals surface area contributed by atoms with Gasteiger partial charge in [0.2, 0.25) is 0 Å². The van der Waals surface area contributed by atoms with Gasteiger partial charge in [-0.15, -0.1) is 0 Å². The van der Waals surface area contributed by atoms with Crippen molar-refractivity contribution in [3.05, 3.63) is 11.6 Å². The molecule has 0 atom stereocenters. The minimum Gasteiger partial charge on any atom is -0.299 e. The van der Waals surface area contributed by atoms with Gasteiger partial charge in [0.15, 0.2) is 0 Å². The minimum atomic E-state index is 0.420. The maximum absolute atomic E-state index is 11.0. The molecule has 92 valence electrons. The summed E-state index contributed by atoms with van der Waals surface area (Å²) in [5.41, 5.74) is 1.54. The molecule has 1 aliphatic rings. The summed E-state index contributed by atoms with van der Waals surface area (Å²) in [5.74, 6) is 0.420. The van der Waals surface area contributed by atoms with Crippen LogP contribution in [0.4, 0.5) is 0 Å². The van der Waals surface area contributed by atoms with Gasteiger partial charge in [-0.2, -0.15) is 0 Å². The molecule has 0 saturated carbocycles. The van der Waals surface area contributed by atoms with Gasteiger partial charge >= 0.3 is 0 Å². The maximum atomic E-state index is 11.0. The van der Waals surface area contributed by atoms with E-state index in [4.69, 9.17) is 0 Å². The third-order valence-corrected chi connectivity index (χ3v) is 3.44. The predicted octanol–water partition coefficient (Wildman–Crippen LogP) is 4.81. The summed E-state index contributed by atoms with van der Waals surface area (Å²) in [5, 5.41) is 0. The molecule has 0 saturated heterocycles. The average molecular weight is 222 g/mol. The van der Waals surface area contributed by atoms with Crippen LogP contribution < -0.4 is 0 Å². The van der Waals surface area contributed by atoms with Crippen LogP contribution in [0.1, 0.15) is 77.6 Å². The van der Waals surface area contributed by atoms with E-state index in [2.05, 4.69) is 13.0 Å². The highest BCUT2D eigenvalue weighted by Crippen LogP contribution is 2.21. The van der Waals surface area contributed by atoms with E-state index in [0.29, 0.717) is 12.2 Å². The Morgan fingerprint density at radius 1 is 1.00 bits per heavy atom. The van der Waals surface area contributed by atoms with E-state index in [-0.39, 0.29) is 0 Å². The van der Waals surface area contributed by atoms with Gasteiger partial charge < -0.3 is 0 Å². The lowest BCUT2D eigenvalue weighted by atomic mass is 9.94. The molecule has 0 unspecified atom stereocenters. The molecule has 0 heterocycles. The van der Waals surface area contributed by atoms with Crippen LogP contribution >= 0.6 is 0 Å². The number of hydrogen-bond donors (Lipinski definition) is 0. The molecule has 0 spiro atoms. The lowest BCUT2D eigenvalue weighted by Gasteiger charge is -2.11. The zero-order valence-electron chi connectivity index (χ0n) is 10.8. The van der Waals surface area contributed by atoms with Crippen molar-refractivity contribution in [2.75, 3.05) is 0 Å². The Hall–Kier alpha value is -0.590. The van der Waals surface area contributed by atoms with Crippen LogP contribution in [0.2, 0.25) is 0 Å². The molecule has 0 bridgehead atoms. The smallest absolute Gasteiger partial charge is 0.136 e. The first-order valence-electron chi connectivity index (χ1n) is 7.02. The Morgan fingerprint density at radius 2 is 1.69 bits per heavy atom. The Bertz CT molecular complexity index is 228. The van der Waals surface area contributed by atoms with Crippen LogP contribution in [0.5, 0.6) is 0 Å². The minimum absolute atomic E-state index is 0.420. The van der Waals surface area contributed by atoms with E-state index >= 15 is 0 Å². The number of unbranched alkanes of at least 4 members (excludes halogenated alkanes) is 6. The van der Waals surface area contributed by atoms with Crippen LogP contribution in [0.3, 0.4) is 0 Å². The fourth-order valence-corrected chi connectivity index (χ4v) is 2.30. The monoisotopic (exact) mass is 222 g/mol. The molecule has 1 aliphatic carbocycles. The van der Waals surface area contributed by atoms with Crippen molar-refractivity contribution in [2.45, 2.75) is 77.6 Å². The van der Waals surface area contributed by atoms with Gasteiger partial charge in [0, 0.05) is 12.8 Å². The van der Waals surface area contributed by atoms with Gasteiger partial charge in [-0.05, 0) is 19.3 Å². The highest BCUT2D eigenvalue weighted by molar-refractivity contribution is 5.81. The van der Waals surface area contributed by atoms with E-state index in [1.54, 1.807) is 0 Å². The molecule has 0 aromatic carbocycles. The molecule has 0 fully saturated rings. The van der Waals surface area contributed by atoms with Crippen molar-refractivity contribution in [1.82, 2.24) is 0 Å². The summed E-state index contributed by atoms with van der Waals surface area (Å²) in [4.78, 5) is 11.0. The number of hydrogen-bond acceptors (Lipinski definition) is 1. The van der Waals surface area contributed by atoms with Crippen LogP contribution in [-0.4, -0.2) is 5.78 Å². The number of carbonyl (C=O) groups excluding carboxylic acids is 1. The lowest BCUT2D eigenvalue weighted by molar-refractivity contribution is -0.118. The molecule has 16 heavy (non-hydrogen) atoms. The van der Waals surface area contributed by atoms with Gasteiger partial charge in [0.25, 0.3) is 0 Å². The van der Waals surface area contributed by atoms with Gasteiger partial charge in [-0.1, -0.05) is 57.1 Å². The van der Waals surface area contributed by atoms with E-state index in [9.17, 15) is 4.79 Å². The number of carbonyl (C=O) groups is 1. The Kier molecular flexibility index (Phi) is 7.20. The molecular formula is C15H26O. The number of allylic oxidation sites excluding steroid dienone is 2. The quantitative estimate of drug-likeness (QED) is 0.425. The van der Waals surface area contributed by atoms with Gasteiger partial charge in [0.05, 0.1) is 0 Å². The lowest BCUT2D eigenvalue weighted by Crippen LogP contribution is -2.03. The van der Waals surface area contributed by atoms with Crippen LogP contribution in [0.15, 0.2) is 11.6 Å². The standard InChI is InChI=1S/C15H26O/c1-2-3-4-5-6-7-8-9-14-10-12-15(16)13-11-14/h10H,2-9,11-13H2,1H3. The Morgan fingerprint density at radius 3 is 2.31 bits per heavy atom. The topological polar surface area (TPSA) is 17.1 Å². The summed E-state index contributed by atoms with van der Waals surface area (Å²) in [6.45, 7) is 2.26. The maximum Gasteiger partial charge on any atom is 0.136 e. The summed E-state index contributed by atoms with van der Waals surface area (Å²) in [7, 11) is 0. The van der Waals surface area contributed by atoms with Gasteiger partial charge in [0.1, 0.15) is 5.78 Å². The summed E-state index contributed by atoms with van der Waals surface area (Å²) < 4.78 is 0. The van der Waals surface area contributed by atoms with Crippen LogP contribution in [0.25, 0.3) is 0 Å². The van der Waals surface area contributed by atoms with Gasteiger partial charge in [-0.25, -0.2) is 0 Å². The fraction of sp³-hybridized carbons (Fsp3) is 0.800. The van der Waals surface area contributed by atoms with Crippen molar-refractivity contribution in [2.24, 2.45) is 0 Å². The molecule has 0 amide bonds. The van der Waals surface area contributed by atoms with Crippen molar-refractivity contribution >= 4 is 5.78 Å². The SMILES string of the molecule is CCCCCCCCCC1=CCC(=O)CC1. The number of ketones is 1. The first-order valence-corrected chi connectivity index (χ1v) is 7.02. The molecule has 0 N–H and O–H groups in total. The zero-order chi connectivity index (χ0) is 11.6. The van der Waals surface area contributed by atoms with Crippen molar-refractivity contribution in [1.29, 1.82) is 0 Å². The van der Waals surface area contributed by atoms with Crippen LogP contribution in [-0.2, 0) is 4.79 Å². The van der Waals surface area contributed by atoms with E-state index < -0.39 is 0 Å². The largest absolute Gasteiger partial charge is 0.299 e. The summed E-state index contributed by atoms with van der Waals surface area (Å²) in [6.07, 6.45) is 15.6. The van der Waals surface area contributed by atoms with Crippen molar-refractivity contribution < 1.29 is 4.79 Å². The highest BCUT2D eigenvalue weighted by Gasteiger charge is 2.09. The van der Waals surface area contributed by atoms with E-state index in [1.807, 2.05) is 0 Å². The Labute approximate surface area is 100 Å². The third kappa shape index (κ3) is 6.09. The van der Waals surface area contributed by atoms with Gasteiger partial charge in [-0.3, -0.25) is 4.79 Å². The number of Topliss-reactive ketones (excluding diaryl/α,β-unsaturated/α-hetero) is 1. The predicted molar refractivity (Wildman–Crippen MR) is 69.6 cm³/mol. The normalized spacial score (nSPS) is 16.3.